The van der Waals surface area contributed by atoms with E-state index >= 15 is 0 Å². The van der Waals surface area contributed by atoms with Crippen molar-refractivity contribution in [3.05, 3.63) is 0 Å². The molecule has 0 aliphatic rings. The van der Waals surface area contributed by atoms with Gasteiger partial charge in [-0.1, -0.05) is 0 Å². The highest BCUT2D eigenvalue weighted by molar-refractivity contribution is 5.75. The Labute approximate surface area is 84.6 Å². The summed E-state index contributed by atoms with van der Waals surface area (Å²) in [5, 5.41) is 11.8. The fraction of sp³-hybridized carbons (Fsp3) is 0.889. The lowest BCUT2D eigenvalue weighted by Gasteiger charge is -2.10. The SMILES string of the molecule is COCC(O)CNC(=O)CCCCN. The maximum Gasteiger partial charge on any atom is 0.220 e. The minimum atomic E-state index is -0.626. The van der Waals surface area contributed by atoms with Gasteiger partial charge < -0.3 is 20.9 Å². The molecule has 0 radical (unpaired) electrons. The van der Waals surface area contributed by atoms with Gasteiger partial charge in [0.1, 0.15) is 0 Å². The van der Waals surface area contributed by atoms with Gasteiger partial charge in [0.2, 0.25) is 5.91 Å². The number of nitrogens with one attached hydrogen (secondary N) is 1. The van der Waals surface area contributed by atoms with Crippen LogP contribution in [0.2, 0.25) is 0 Å². The monoisotopic (exact) mass is 204 g/mol. The first-order valence-electron chi connectivity index (χ1n) is 4.84. The summed E-state index contributed by atoms with van der Waals surface area (Å²) >= 11 is 0. The van der Waals surface area contributed by atoms with E-state index in [0.717, 1.165) is 12.8 Å². The van der Waals surface area contributed by atoms with Gasteiger partial charge in [-0.2, -0.15) is 0 Å². The van der Waals surface area contributed by atoms with E-state index in [9.17, 15) is 9.90 Å². The molecule has 84 valence electrons. The predicted octanol–water partition coefficient (Wildman–Crippen LogP) is -0.761. The van der Waals surface area contributed by atoms with Gasteiger partial charge in [0, 0.05) is 20.1 Å². The standard InChI is InChI=1S/C9H20N2O3/c1-14-7-8(12)6-11-9(13)4-2-3-5-10/h8,12H,2-7,10H2,1H3,(H,11,13). The second-order valence-electron chi connectivity index (χ2n) is 3.16. The van der Waals surface area contributed by atoms with Crippen LogP contribution in [-0.4, -0.2) is 43.9 Å². The minimum absolute atomic E-state index is 0.0476. The van der Waals surface area contributed by atoms with E-state index < -0.39 is 6.10 Å². The third-order valence-electron chi connectivity index (χ3n) is 1.75. The van der Waals surface area contributed by atoms with Crippen LogP contribution in [0.1, 0.15) is 19.3 Å². The molecule has 1 unspecified atom stereocenters. The Balaban J connectivity index is 3.34. The van der Waals surface area contributed by atoms with E-state index in [0.29, 0.717) is 13.0 Å². The van der Waals surface area contributed by atoms with Crippen LogP contribution < -0.4 is 11.1 Å². The van der Waals surface area contributed by atoms with Crippen molar-refractivity contribution >= 4 is 5.91 Å². The number of ether oxygens (including phenoxy) is 1. The molecule has 0 saturated heterocycles. The molecule has 0 aliphatic heterocycles. The second kappa shape index (κ2) is 8.93. The molecule has 0 fully saturated rings. The van der Waals surface area contributed by atoms with Gasteiger partial charge in [-0.25, -0.2) is 0 Å². The largest absolute Gasteiger partial charge is 0.389 e. The Morgan fingerprint density at radius 3 is 2.86 bits per heavy atom. The Morgan fingerprint density at radius 1 is 1.57 bits per heavy atom. The summed E-state index contributed by atoms with van der Waals surface area (Å²) in [6.07, 6.45) is 1.49. The summed E-state index contributed by atoms with van der Waals surface area (Å²) < 4.78 is 4.72. The number of carbonyl (C=O) groups excluding carboxylic acids is 1. The van der Waals surface area contributed by atoms with Crippen LogP contribution in [0.15, 0.2) is 0 Å². The Kier molecular flexibility index (Phi) is 8.51. The van der Waals surface area contributed by atoms with Crippen LogP contribution >= 0.6 is 0 Å². The van der Waals surface area contributed by atoms with Gasteiger partial charge >= 0.3 is 0 Å². The molecular formula is C9H20N2O3. The Bertz CT molecular complexity index is 153. The molecule has 1 amide bonds. The number of carbonyl (C=O) groups is 1. The summed E-state index contributed by atoms with van der Waals surface area (Å²) in [5.74, 6) is -0.0476. The van der Waals surface area contributed by atoms with Crippen molar-refractivity contribution in [2.75, 3.05) is 26.8 Å². The van der Waals surface area contributed by atoms with E-state index in [1.165, 1.54) is 7.11 Å². The van der Waals surface area contributed by atoms with Crippen LogP contribution in [0.5, 0.6) is 0 Å². The van der Waals surface area contributed by atoms with E-state index in [4.69, 9.17) is 10.5 Å². The fourth-order valence-electron chi connectivity index (χ4n) is 1.00. The number of methoxy groups -OCH3 is 1. The lowest BCUT2D eigenvalue weighted by atomic mass is 10.2. The molecule has 0 saturated carbocycles. The van der Waals surface area contributed by atoms with Gasteiger partial charge in [-0.3, -0.25) is 4.79 Å². The van der Waals surface area contributed by atoms with Crippen molar-refractivity contribution in [1.82, 2.24) is 5.32 Å². The third-order valence-corrected chi connectivity index (χ3v) is 1.75. The molecule has 4 N–H and O–H groups in total. The van der Waals surface area contributed by atoms with Crippen molar-refractivity contribution in [2.45, 2.75) is 25.4 Å². The van der Waals surface area contributed by atoms with E-state index in [-0.39, 0.29) is 19.1 Å². The topological polar surface area (TPSA) is 84.6 Å². The highest BCUT2D eigenvalue weighted by atomic mass is 16.5. The Hall–Kier alpha value is -0.650. The van der Waals surface area contributed by atoms with Crippen molar-refractivity contribution in [1.29, 1.82) is 0 Å². The third kappa shape index (κ3) is 7.97. The number of amides is 1. The highest BCUT2D eigenvalue weighted by Crippen LogP contribution is 1.93. The fourth-order valence-corrected chi connectivity index (χ4v) is 1.00. The maximum absolute atomic E-state index is 11.1. The van der Waals surface area contributed by atoms with E-state index in [2.05, 4.69) is 5.32 Å². The molecule has 0 bridgehead atoms. The van der Waals surface area contributed by atoms with Crippen molar-refractivity contribution in [2.24, 2.45) is 5.73 Å². The molecule has 0 heterocycles. The highest BCUT2D eigenvalue weighted by Gasteiger charge is 2.05. The van der Waals surface area contributed by atoms with Crippen molar-refractivity contribution in [3.63, 3.8) is 0 Å². The summed E-state index contributed by atoms with van der Waals surface area (Å²) in [7, 11) is 1.51. The zero-order valence-electron chi connectivity index (χ0n) is 8.66. The molecule has 1 atom stereocenters. The van der Waals surface area contributed by atoms with Gasteiger partial charge in [0.25, 0.3) is 0 Å². The first-order valence-corrected chi connectivity index (χ1v) is 4.84. The van der Waals surface area contributed by atoms with Crippen LogP contribution in [0.3, 0.4) is 0 Å². The quantitative estimate of drug-likeness (QED) is 0.454. The summed E-state index contributed by atoms with van der Waals surface area (Å²) in [6, 6.07) is 0. The number of nitrogens with two attached hydrogens (primary N) is 1. The molecule has 0 aliphatic carbocycles. The molecule has 14 heavy (non-hydrogen) atoms. The average molecular weight is 204 g/mol. The van der Waals surface area contributed by atoms with E-state index in [1.807, 2.05) is 0 Å². The molecule has 0 aromatic heterocycles. The van der Waals surface area contributed by atoms with Crippen LogP contribution in [0.25, 0.3) is 0 Å². The number of hydrogen-bond acceptors (Lipinski definition) is 4. The van der Waals surface area contributed by atoms with Gasteiger partial charge in [0.15, 0.2) is 0 Å². The lowest BCUT2D eigenvalue weighted by Crippen LogP contribution is -2.34. The van der Waals surface area contributed by atoms with Gasteiger partial charge in [0.05, 0.1) is 12.7 Å². The molecule has 0 spiro atoms. The molecule has 0 aromatic rings. The van der Waals surface area contributed by atoms with E-state index in [1.54, 1.807) is 0 Å². The van der Waals surface area contributed by atoms with Crippen LogP contribution in [0, 0.1) is 0 Å². The molecular weight excluding hydrogens is 184 g/mol. The van der Waals surface area contributed by atoms with Gasteiger partial charge in [-0.05, 0) is 19.4 Å². The maximum atomic E-state index is 11.1. The second-order valence-corrected chi connectivity index (χ2v) is 3.16. The molecule has 0 rings (SSSR count). The number of rotatable bonds is 8. The van der Waals surface area contributed by atoms with Crippen molar-refractivity contribution < 1.29 is 14.6 Å². The zero-order valence-corrected chi connectivity index (χ0v) is 8.66. The summed E-state index contributed by atoms with van der Waals surface area (Å²) in [6.45, 7) is 1.10. The van der Waals surface area contributed by atoms with Crippen molar-refractivity contribution in [3.8, 4) is 0 Å². The minimum Gasteiger partial charge on any atom is -0.389 e. The van der Waals surface area contributed by atoms with Crippen LogP contribution in [0.4, 0.5) is 0 Å². The van der Waals surface area contributed by atoms with Gasteiger partial charge in [-0.15, -0.1) is 0 Å². The normalized spacial score (nSPS) is 12.5. The summed E-state index contributed by atoms with van der Waals surface area (Å²) in [4.78, 5) is 11.1. The smallest absolute Gasteiger partial charge is 0.220 e. The lowest BCUT2D eigenvalue weighted by molar-refractivity contribution is -0.121. The summed E-state index contributed by atoms with van der Waals surface area (Å²) in [5.41, 5.74) is 5.29. The number of hydrogen-bond donors (Lipinski definition) is 3. The molecule has 0 aromatic carbocycles. The Morgan fingerprint density at radius 2 is 2.29 bits per heavy atom. The molecule has 5 nitrogen and oxygen atoms in total. The number of unbranched alkanes of at least 4 members (excludes halogenated alkanes) is 1. The average Bonchev–Trinajstić information content (AvgIpc) is 2.16. The predicted molar refractivity (Wildman–Crippen MR) is 53.8 cm³/mol. The number of aliphatic hydroxyl groups excluding tert-OH is 1. The first-order chi connectivity index (χ1) is 6.70. The van der Waals surface area contributed by atoms with Crippen LogP contribution in [-0.2, 0) is 9.53 Å². The molecule has 5 heteroatoms. The first kappa shape index (κ1) is 13.4. The number of aliphatic hydroxyl groups is 1. The zero-order chi connectivity index (χ0) is 10.8.